The fraction of sp³-hybridized carbons (Fsp3) is 0.412. The molecular weight excluding hydrogens is 282 g/mol. The van der Waals surface area contributed by atoms with Crippen molar-refractivity contribution < 1.29 is 18.7 Å². The zero-order chi connectivity index (χ0) is 16.3. The van der Waals surface area contributed by atoms with E-state index in [0.717, 1.165) is 0 Å². The fourth-order valence-electron chi connectivity index (χ4n) is 2.18. The van der Waals surface area contributed by atoms with Gasteiger partial charge in [-0.2, -0.15) is 0 Å². The first-order chi connectivity index (χ1) is 10.3. The molecule has 5 heteroatoms. The molecule has 1 heterocycles. The summed E-state index contributed by atoms with van der Waals surface area (Å²) in [6.07, 6.45) is 0.342. The van der Waals surface area contributed by atoms with Gasteiger partial charge in [0.05, 0.1) is 6.61 Å². The zero-order valence-electron chi connectivity index (χ0n) is 13.4. The molecule has 5 nitrogen and oxygen atoms in total. The van der Waals surface area contributed by atoms with Gasteiger partial charge >= 0.3 is 5.97 Å². The summed E-state index contributed by atoms with van der Waals surface area (Å²) in [5.74, 6) is -0.709. The summed E-state index contributed by atoms with van der Waals surface area (Å²) in [5.41, 5.74) is 0.771. The Labute approximate surface area is 129 Å². The fourth-order valence-corrected chi connectivity index (χ4v) is 2.18. The van der Waals surface area contributed by atoms with Gasteiger partial charge in [-0.1, -0.05) is 32.9 Å². The Morgan fingerprint density at radius 3 is 2.55 bits per heavy atom. The van der Waals surface area contributed by atoms with Gasteiger partial charge in [0.25, 0.3) is 0 Å². The van der Waals surface area contributed by atoms with Crippen LogP contribution in [0, 0.1) is 5.41 Å². The van der Waals surface area contributed by atoms with Crippen LogP contribution in [0.4, 0.5) is 5.69 Å². The van der Waals surface area contributed by atoms with E-state index in [2.05, 4.69) is 5.32 Å². The van der Waals surface area contributed by atoms with E-state index in [4.69, 9.17) is 9.15 Å². The Bertz CT molecular complexity index is 694. The van der Waals surface area contributed by atoms with Crippen LogP contribution in [0.2, 0.25) is 0 Å². The molecule has 0 saturated heterocycles. The van der Waals surface area contributed by atoms with Crippen molar-refractivity contribution in [1.82, 2.24) is 0 Å². The van der Waals surface area contributed by atoms with Crippen LogP contribution < -0.4 is 5.32 Å². The van der Waals surface area contributed by atoms with Crippen molar-refractivity contribution >= 4 is 28.5 Å². The number of rotatable bonds is 4. The van der Waals surface area contributed by atoms with Gasteiger partial charge in [-0.3, -0.25) is 4.79 Å². The highest BCUT2D eigenvalue weighted by Gasteiger charge is 2.24. The van der Waals surface area contributed by atoms with E-state index in [1.807, 2.05) is 32.9 Å². The number of carbonyl (C=O) groups is 2. The molecule has 0 fully saturated rings. The third-order valence-corrected chi connectivity index (χ3v) is 3.01. The lowest BCUT2D eigenvalue weighted by Gasteiger charge is -2.17. The van der Waals surface area contributed by atoms with Gasteiger partial charge in [-0.15, -0.1) is 0 Å². The number of benzene rings is 1. The number of fused-ring (bicyclic) bond motifs is 1. The molecule has 0 saturated carbocycles. The minimum atomic E-state index is -0.579. The van der Waals surface area contributed by atoms with E-state index < -0.39 is 5.97 Å². The molecule has 1 N–H and O–H groups in total. The van der Waals surface area contributed by atoms with E-state index in [1.165, 1.54) is 0 Å². The highest BCUT2D eigenvalue weighted by atomic mass is 16.5. The second-order valence-electron chi connectivity index (χ2n) is 6.31. The Balaban J connectivity index is 2.39. The average molecular weight is 303 g/mol. The van der Waals surface area contributed by atoms with E-state index >= 15 is 0 Å². The largest absolute Gasteiger partial charge is 0.460 e. The molecule has 0 atom stereocenters. The van der Waals surface area contributed by atoms with Gasteiger partial charge in [-0.25, -0.2) is 4.79 Å². The van der Waals surface area contributed by atoms with Gasteiger partial charge in [0.1, 0.15) is 11.3 Å². The van der Waals surface area contributed by atoms with E-state index in [0.29, 0.717) is 23.1 Å². The molecule has 2 rings (SSSR count). The number of para-hydroxylation sites is 1. The third-order valence-electron chi connectivity index (χ3n) is 3.01. The topological polar surface area (TPSA) is 68.5 Å². The highest BCUT2D eigenvalue weighted by Crippen LogP contribution is 2.32. The number of hydrogen-bond acceptors (Lipinski definition) is 4. The lowest BCUT2D eigenvalue weighted by Crippen LogP contribution is -2.20. The zero-order valence-corrected chi connectivity index (χ0v) is 13.4. The molecule has 118 valence electrons. The second-order valence-corrected chi connectivity index (χ2v) is 6.31. The van der Waals surface area contributed by atoms with E-state index in [9.17, 15) is 9.59 Å². The maximum absolute atomic E-state index is 12.2. The summed E-state index contributed by atoms with van der Waals surface area (Å²) in [6, 6.07) is 7.18. The van der Waals surface area contributed by atoms with E-state index in [-0.39, 0.29) is 23.7 Å². The van der Waals surface area contributed by atoms with Crippen molar-refractivity contribution in [2.75, 3.05) is 11.9 Å². The Kier molecular flexibility index (Phi) is 4.54. The lowest BCUT2D eigenvalue weighted by atomic mass is 9.92. The predicted octanol–water partition coefficient (Wildman–Crippen LogP) is 3.98. The molecule has 0 bridgehead atoms. The van der Waals surface area contributed by atoms with Crippen LogP contribution in [0.25, 0.3) is 11.0 Å². The molecule has 0 spiro atoms. The van der Waals surface area contributed by atoms with Crippen molar-refractivity contribution in [3.8, 4) is 0 Å². The van der Waals surface area contributed by atoms with Crippen molar-refractivity contribution in [3.63, 3.8) is 0 Å². The van der Waals surface area contributed by atoms with Crippen LogP contribution in [-0.4, -0.2) is 18.5 Å². The minimum absolute atomic E-state index is 0.0327. The summed E-state index contributed by atoms with van der Waals surface area (Å²) >= 11 is 0. The van der Waals surface area contributed by atoms with Crippen molar-refractivity contribution in [1.29, 1.82) is 0 Å². The molecule has 0 aliphatic rings. The smallest absolute Gasteiger partial charge is 0.376 e. The molecule has 2 aromatic rings. The maximum Gasteiger partial charge on any atom is 0.376 e. The second kappa shape index (κ2) is 6.22. The Morgan fingerprint density at radius 2 is 1.91 bits per heavy atom. The van der Waals surface area contributed by atoms with Crippen LogP contribution in [0.15, 0.2) is 28.7 Å². The highest BCUT2D eigenvalue weighted by molar-refractivity contribution is 6.09. The van der Waals surface area contributed by atoms with Gasteiger partial charge in [0.2, 0.25) is 11.7 Å². The maximum atomic E-state index is 12.2. The summed E-state index contributed by atoms with van der Waals surface area (Å²) in [6.45, 7) is 7.90. The summed E-state index contributed by atoms with van der Waals surface area (Å²) < 4.78 is 10.6. The monoisotopic (exact) mass is 303 g/mol. The number of ether oxygens (including phenoxy) is 1. The standard InChI is InChI=1S/C17H21NO4/c1-5-21-16(20)15-14(18-13(19)10-17(2,3)4)11-8-6-7-9-12(11)22-15/h6-9H,5,10H2,1-4H3,(H,18,19). The van der Waals surface area contributed by atoms with E-state index in [1.54, 1.807) is 19.1 Å². The first-order valence-corrected chi connectivity index (χ1v) is 7.30. The molecule has 0 radical (unpaired) electrons. The van der Waals surface area contributed by atoms with Crippen molar-refractivity contribution in [2.24, 2.45) is 5.41 Å². The molecule has 0 aliphatic carbocycles. The molecular formula is C17H21NO4. The SMILES string of the molecule is CCOC(=O)c1oc2ccccc2c1NC(=O)CC(C)(C)C. The molecule has 1 aromatic heterocycles. The Hall–Kier alpha value is -2.30. The van der Waals surface area contributed by atoms with Gasteiger partial charge in [0, 0.05) is 11.8 Å². The number of furan rings is 1. The van der Waals surface area contributed by atoms with Gasteiger partial charge in [-0.05, 0) is 24.5 Å². The van der Waals surface area contributed by atoms with Crippen LogP contribution in [0.5, 0.6) is 0 Å². The normalized spacial score (nSPS) is 11.5. The molecule has 1 aromatic carbocycles. The van der Waals surface area contributed by atoms with Crippen LogP contribution in [-0.2, 0) is 9.53 Å². The van der Waals surface area contributed by atoms with Crippen LogP contribution in [0.1, 0.15) is 44.7 Å². The van der Waals surface area contributed by atoms with Crippen molar-refractivity contribution in [3.05, 3.63) is 30.0 Å². The number of nitrogens with one attached hydrogen (secondary N) is 1. The van der Waals surface area contributed by atoms with Gasteiger partial charge in [0.15, 0.2) is 0 Å². The number of esters is 1. The molecule has 0 unspecified atom stereocenters. The van der Waals surface area contributed by atoms with Crippen molar-refractivity contribution in [2.45, 2.75) is 34.1 Å². The first kappa shape index (κ1) is 16.1. The number of amides is 1. The predicted molar refractivity (Wildman–Crippen MR) is 84.9 cm³/mol. The number of anilines is 1. The lowest BCUT2D eigenvalue weighted by molar-refractivity contribution is -0.117. The number of hydrogen-bond donors (Lipinski definition) is 1. The third kappa shape index (κ3) is 3.67. The molecule has 1 amide bonds. The average Bonchev–Trinajstić information content (AvgIpc) is 2.76. The quantitative estimate of drug-likeness (QED) is 0.867. The van der Waals surface area contributed by atoms with Crippen LogP contribution in [0.3, 0.4) is 0 Å². The summed E-state index contributed by atoms with van der Waals surface area (Å²) in [7, 11) is 0. The minimum Gasteiger partial charge on any atom is -0.460 e. The first-order valence-electron chi connectivity index (χ1n) is 7.30. The molecule has 0 aliphatic heterocycles. The molecule has 22 heavy (non-hydrogen) atoms. The van der Waals surface area contributed by atoms with Crippen LogP contribution >= 0.6 is 0 Å². The number of carbonyl (C=O) groups excluding carboxylic acids is 2. The summed E-state index contributed by atoms with van der Waals surface area (Å²) in [5, 5.41) is 3.48. The van der Waals surface area contributed by atoms with Gasteiger partial charge < -0.3 is 14.5 Å². The Morgan fingerprint density at radius 1 is 1.23 bits per heavy atom. The summed E-state index contributed by atoms with van der Waals surface area (Å²) in [4.78, 5) is 24.2.